The van der Waals surface area contributed by atoms with Gasteiger partial charge in [0.2, 0.25) is 11.0 Å². The van der Waals surface area contributed by atoms with Gasteiger partial charge < -0.3 is 10.6 Å². The van der Waals surface area contributed by atoms with Gasteiger partial charge >= 0.3 is 0 Å². The molecule has 0 aliphatic carbocycles. The van der Waals surface area contributed by atoms with Crippen LogP contribution in [0.3, 0.4) is 0 Å². The Kier molecular flexibility index (Phi) is 7.61. The van der Waals surface area contributed by atoms with Crippen LogP contribution < -0.4 is 10.6 Å². The summed E-state index contributed by atoms with van der Waals surface area (Å²) in [6, 6.07) is 14.0. The van der Waals surface area contributed by atoms with Gasteiger partial charge in [0.15, 0.2) is 4.34 Å². The molecule has 0 fully saturated rings. The summed E-state index contributed by atoms with van der Waals surface area (Å²) in [5.74, 6) is -0.287. The number of hydrogen-bond donors (Lipinski definition) is 2. The molecule has 156 valence electrons. The van der Waals surface area contributed by atoms with Crippen LogP contribution in [0.1, 0.15) is 12.5 Å². The number of rotatable bonds is 9. The first kappa shape index (κ1) is 22.0. The predicted octanol–water partition coefficient (Wildman–Crippen LogP) is 4.87. The summed E-state index contributed by atoms with van der Waals surface area (Å²) in [6.45, 7) is 2.47. The minimum atomic E-state index is -0.545. The van der Waals surface area contributed by atoms with Gasteiger partial charge in [-0.25, -0.2) is 0 Å². The number of anilines is 2. The predicted molar refractivity (Wildman–Crippen MR) is 121 cm³/mol. The fourth-order valence-corrected chi connectivity index (χ4v) is 4.59. The van der Waals surface area contributed by atoms with Crippen LogP contribution in [0.2, 0.25) is 5.02 Å². The number of carbonyl (C=O) groups excluding carboxylic acids is 1. The zero-order valence-electron chi connectivity index (χ0n) is 15.9. The van der Waals surface area contributed by atoms with E-state index in [1.807, 2.05) is 18.2 Å². The van der Waals surface area contributed by atoms with E-state index in [4.69, 9.17) is 11.6 Å². The van der Waals surface area contributed by atoms with E-state index in [0.29, 0.717) is 15.2 Å². The maximum absolute atomic E-state index is 12.4. The lowest BCUT2D eigenvalue weighted by molar-refractivity contribution is -0.384. The van der Waals surface area contributed by atoms with Crippen molar-refractivity contribution in [2.24, 2.45) is 0 Å². The topological polar surface area (TPSA) is 110 Å². The quantitative estimate of drug-likeness (QED) is 0.264. The van der Waals surface area contributed by atoms with E-state index in [0.717, 1.165) is 13.0 Å². The summed E-state index contributed by atoms with van der Waals surface area (Å²) >= 11 is 8.68. The second-order valence-electron chi connectivity index (χ2n) is 6.21. The number of hydrogen-bond acceptors (Lipinski definition) is 8. The molecule has 0 spiro atoms. The van der Waals surface area contributed by atoms with Gasteiger partial charge in [-0.05, 0) is 25.0 Å². The smallest absolute Gasteiger partial charge is 0.271 e. The van der Waals surface area contributed by atoms with E-state index < -0.39 is 10.2 Å². The Balaban J connectivity index is 1.50. The van der Waals surface area contributed by atoms with Crippen LogP contribution in [-0.4, -0.2) is 32.8 Å². The highest BCUT2D eigenvalue weighted by Gasteiger charge is 2.19. The van der Waals surface area contributed by atoms with Crippen molar-refractivity contribution in [3.05, 3.63) is 69.2 Å². The number of nitrogens with one attached hydrogen (secondary N) is 2. The number of carbonyl (C=O) groups is 1. The molecule has 0 aliphatic rings. The maximum Gasteiger partial charge on any atom is 0.271 e. The van der Waals surface area contributed by atoms with Crippen LogP contribution in [0, 0.1) is 10.1 Å². The normalized spacial score (nSPS) is 11.7. The van der Waals surface area contributed by atoms with Crippen LogP contribution in [0.15, 0.2) is 52.9 Å². The van der Waals surface area contributed by atoms with Crippen molar-refractivity contribution >= 4 is 57.1 Å². The second-order valence-corrected chi connectivity index (χ2v) is 9.18. The first-order valence-electron chi connectivity index (χ1n) is 8.95. The monoisotopic (exact) mass is 463 g/mol. The fourth-order valence-electron chi connectivity index (χ4n) is 2.45. The second kappa shape index (κ2) is 10.4. The van der Waals surface area contributed by atoms with Crippen molar-refractivity contribution in [3.8, 4) is 0 Å². The number of nitro groups is 1. The molecule has 0 aliphatic heterocycles. The Morgan fingerprint density at radius 2 is 2.03 bits per heavy atom. The number of non-ortho nitro benzene ring substituents is 1. The largest absolute Gasteiger partial charge is 0.360 e. The molecule has 1 unspecified atom stereocenters. The van der Waals surface area contributed by atoms with E-state index >= 15 is 0 Å². The third-order valence-corrected chi connectivity index (χ3v) is 6.39. The van der Waals surface area contributed by atoms with Gasteiger partial charge in [0, 0.05) is 18.7 Å². The summed E-state index contributed by atoms with van der Waals surface area (Å²) in [5.41, 5.74) is 1.42. The average Bonchev–Trinajstić information content (AvgIpc) is 3.17. The van der Waals surface area contributed by atoms with Gasteiger partial charge in [-0.2, -0.15) is 0 Å². The molecular formula is C19H18ClN5O3S2. The summed E-state index contributed by atoms with van der Waals surface area (Å²) in [5, 5.41) is 25.3. The molecule has 0 saturated heterocycles. The van der Waals surface area contributed by atoms with Gasteiger partial charge in [0.1, 0.15) is 0 Å². The molecule has 11 heteroatoms. The third kappa shape index (κ3) is 6.15. The zero-order chi connectivity index (χ0) is 21.5. The molecule has 3 aromatic rings. The summed E-state index contributed by atoms with van der Waals surface area (Å²) < 4.78 is 0.662. The molecule has 1 amide bonds. The molecular weight excluding hydrogens is 446 g/mol. The lowest BCUT2D eigenvalue weighted by Gasteiger charge is -2.11. The van der Waals surface area contributed by atoms with Crippen LogP contribution in [0.4, 0.5) is 16.5 Å². The molecule has 0 saturated carbocycles. The van der Waals surface area contributed by atoms with Gasteiger partial charge in [-0.15, -0.1) is 10.2 Å². The van der Waals surface area contributed by atoms with Crippen LogP contribution >= 0.6 is 34.7 Å². The first-order valence-corrected chi connectivity index (χ1v) is 11.0. The van der Waals surface area contributed by atoms with E-state index in [9.17, 15) is 14.9 Å². The molecule has 2 N–H and O–H groups in total. The lowest BCUT2D eigenvalue weighted by Crippen LogP contribution is -2.22. The zero-order valence-corrected chi connectivity index (χ0v) is 18.3. The Labute approximate surface area is 186 Å². The highest BCUT2D eigenvalue weighted by atomic mass is 35.5. The van der Waals surface area contributed by atoms with Crippen LogP contribution in [0.25, 0.3) is 0 Å². The van der Waals surface area contributed by atoms with E-state index in [1.165, 1.54) is 46.9 Å². The number of amides is 1. The van der Waals surface area contributed by atoms with Crippen molar-refractivity contribution < 1.29 is 9.72 Å². The van der Waals surface area contributed by atoms with Crippen molar-refractivity contribution in [3.63, 3.8) is 0 Å². The van der Waals surface area contributed by atoms with Crippen molar-refractivity contribution in [2.75, 3.05) is 17.2 Å². The highest BCUT2D eigenvalue weighted by molar-refractivity contribution is 8.02. The number of nitro benzene ring substituents is 1. The number of thioether (sulfide) groups is 1. The standard InChI is InChI=1S/C19H18ClN5O3S2/c1-12(17(26)22-16-8-7-14(25(27)28)11-15(16)20)29-19-24-23-18(30-19)21-10-9-13-5-3-2-4-6-13/h2-8,11-12H,9-10H2,1H3,(H,21,23)(H,22,26). The number of nitrogens with zero attached hydrogens (tertiary/aromatic N) is 3. The van der Waals surface area contributed by atoms with E-state index in [2.05, 4.69) is 33.0 Å². The Hall–Kier alpha value is -2.69. The SMILES string of the molecule is CC(Sc1nnc(NCCc2ccccc2)s1)C(=O)Nc1ccc([N+](=O)[O-])cc1Cl. The Morgan fingerprint density at radius 1 is 1.27 bits per heavy atom. The molecule has 2 aromatic carbocycles. The summed E-state index contributed by atoms with van der Waals surface area (Å²) in [7, 11) is 0. The van der Waals surface area contributed by atoms with Gasteiger partial charge in [0.25, 0.3) is 5.69 Å². The number of aromatic nitrogens is 2. The fraction of sp³-hybridized carbons (Fsp3) is 0.211. The summed E-state index contributed by atoms with van der Waals surface area (Å²) in [4.78, 5) is 22.7. The van der Waals surface area contributed by atoms with E-state index in [-0.39, 0.29) is 16.6 Å². The minimum Gasteiger partial charge on any atom is -0.360 e. The third-order valence-electron chi connectivity index (χ3n) is 4.01. The highest BCUT2D eigenvalue weighted by Crippen LogP contribution is 2.31. The molecule has 8 nitrogen and oxygen atoms in total. The van der Waals surface area contributed by atoms with Gasteiger partial charge in [0.05, 0.1) is 20.9 Å². The van der Waals surface area contributed by atoms with Gasteiger partial charge in [-0.1, -0.05) is 65.0 Å². The van der Waals surface area contributed by atoms with Gasteiger partial charge in [-0.3, -0.25) is 14.9 Å². The molecule has 0 radical (unpaired) electrons. The Bertz CT molecular complexity index is 1030. The minimum absolute atomic E-state index is 0.107. The molecule has 3 rings (SSSR count). The molecule has 1 aromatic heterocycles. The molecule has 30 heavy (non-hydrogen) atoms. The van der Waals surface area contributed by atoms with E-state index in [1.54, 1.807) is 6.92 Å². The molecule has 1 heterocycles. The lowest BCUT2D eigenvalue weighted by atomic mass is 10.2. The molecule has 1 atom stereocenters. The Morgan fingerprint density at radius 3 is 2.73 bits per heavy atom. The average molecular weight is 464 g/mol. The number of halogens is 1. The maximum atomic E-state index is 12.4. The number of benzene rings is 2. The van der Waals surface area contributed by atoms with Crippen LogP contribution in [-0.2, 0) is 11.2 Å². The van der Waals surface area contributed by atoms with Crippen molar-refractivity contribution in [1.82, 2.24) is 10.2 Å². The first-order chi connectivity index (χ1) is 14.4. The van der Waals surface area contributed by atoms with Crippen molar-refractivity contribution in [2.45, 2.75) is 22.9 Å². The van der Waals surface area contributed by atoms with Crippen molar-refractivity contribution in [1.29, 1.82) is 0 Å². The van der Waals surface area contributed by atoms with Crippen LogP contribution in [0.5, 0.6) is 0 Å². The summed E-state index contributed by atoms with van der Waals surface area (Å²) in [6.07, 6.45) is 0.873. The molecule has 0 bridgehead atoms.